The van der Waals surface area contributed by atoms with Crippen LogP contribution in [0.25, 0.3) is 0 Å². The third kappa shape index (κ3) is 1.88. The summed E-state index contributed by atoms with van der Waals surface area (Å²) in [6.45, 7) is 0. The highest BCUT2D eigenvalue weighted by Gasteiger charge is 2.42. The van der Waals surface area contributed by atoms with Crippen LogP contribution in [0.3, 0.4) is 0 Å². The quantitative estimate of drug-likeness (QED) is 0.859. The Balaban J connectivity index is 1.76. The molecule has 2 aliphatic heterocycles. The van der Waals surface area contributed by atoms with E-state index < -0.39 is 0 Å². The van der Waals surface area contributed by atoms with Crippen molar-refractivity contribution in [3.05, 3.63) is 59.7 Å². The molecule has 0 spiro atoms. The summed E-state index contributed by atoms with van der Waals surface area (Å²) < 4.78 is 6.28. The van der Waals surface area contributed by atoms with Gasteiger partial charge in [0.2, 0.25) is 0 Å². The molecule has 0 saturated carbocycles. The molecule has 2 heterocycles. The molecule has 2 aliphatic rings. The van der Waals surface area contributed by atoms with Crippen LogP contribution in [0.4, 0.5) is 0 Å². The molecule has 20 heavy (non-hydrogen) atoms. The Morgan fingerprint density at radius 2 is 1.80 bits per heavy atom. The van der Waals surface area contributed by atoms with Gasteiger partial charge in [-0.3, -0.25) is 0 Å². The highest BCUT2D eigenvalue weighted by atomic mass is 32.2. The van der Waals surface area contributed by atoms with Crippen molar-refractivity contribution in [1.29, 1.82) is 0 Å². The van der Waals surface area contributed by atoms with E-state index in [9.17, 15) is 5.11 Å². The van der Waals surface area contributed by atoms with Crippen molar-refractivity contribution in [2.75, 3.05) is 11.5 Å². The number of phenolic OH excluding ortho intramolecular Hbond substituents is 1. The average Bonchev–Trinajstić information content (AvgIpc) is 2.97. The molecule has 2 nitrogen and oxygen atoms in total. The van der Waals surface area contributed by atoms with E-state index in [0.717, 1.165) is 17.1 Å². The standard InChI is InChI=1S/C17H16O2S/c18-12-7-5-11(6-8-12)17-15-10-20-9-14(15)13-3-1-2-4-16(13)19-17/h1-8,14-15,17-18H,9-10H2. The molecule has 1 fully saturated rings. The molecular formula is C17H16O2S. The van der Waals surface area contributed by atoms with Crippen LogP contribution in [0.1, 0.15) is 23.1 Å². The van der Waals surface area contributed by atoms with Gasteiger partial charge in [0.15, 0.2) is 0 Å². The Kier molecular flexibility index (Phi) is 2.88. The summed E-state index contributed by atoms with van der Waals surface area (Å²) in [5.74, 6) is 4.77. The molecule has 0 amide bonds. The molecule has 4 rings (SSSR count). The smallest absolute Gasteiger partial charge is 0.128 e. The number of hydrogen-bond donors (Lipinski definition) is 1. The minimum atomic E-state index is 0.102. The molecule has 0 bridgehead atoms. The van der Waals surface area contributed by atoms with Crippen LogP contribution in [-0.2, 0) is 0 Å². The van der Waals surface area contributed by atoms with Crippen LogP contribution >= 0.6 is 11.8 Å². The van der Waals surface area contributed by atoms with E-state index in [0.29, 0.717) is 17.6 Å². The maximum atomic E-state index is 9.46. The van der Waals surface area contributed by atoms with Crippen molar-refractivity contribution < 1.29 is 9.84 Å². The molecule has 2 aromatic carbocycles. The first kappa shape index (κ1) is 12.2. The lowest BCUT2D eigenvalue weighted by molar-refractivity contribution is 0.114. The first-order valence-electron chi connectivity index (χ1n) is 6.95. The van der Waals surface area contributed by atoms with Gasteiger partial charge in [0.25, 0.3) is 0 Å². The lowest BCUT2D eigenvalue weighted by atomic mass is 9.80. The molecule has 3 unspecified atom stereocenters. The van der Waals surface area contributed by atoms with Crippen LogP contribution in [0.2, 0.25) is 0 Å². The average molecular weight is 284 g/mol. The third-order valence-electron chi connectivity index (χ3n) is 4.31. The molecule has 1 saturated heterocycles. The molecule has 0 radical (unpaired) electrons. The number of para-hydroxylation sites is 1. The molecule has 1 N–H and O–H groups in total. The highest BCUT2D eigenvalue weighted by molar-refractivity contribution is 7.99. The topological polar surface area (TPSA) is 29.5 Å². The van der Waals surface area contributed by atoms with E-state index in [-0.39, 0.29) is 6.10 Å². The Hall–Kier alpha value is -1.61. The number of rotatable bonds is 1. The van der Waals surface area contributed by atoms with Crippen LogP contribution in [0, 0.1) is 5.92 Å². The number of fused-ring (bicyclic) bond motifs is 3. The lowest BCUT2D eigenvalue weighted by Gasteiger charge is -2.35. The second-order valence-electron chi connectivity index (χ2n) is 5.48. The summed E-state index contributed by atoms with van der Waals surface area (Å²) in [4.78, 5) is 0. The van der Waals surface area contributed by atoms with Crippen molar-refractivity contribution in [1.82, 2.24) is 0 Å². The van der Waals surface area contributed by atoms with Crippen molar-refractivity contribution >= 4 is 11.8 Å². The van der Waals surface area contributed by atoms with E-state index in [4.69, 9.17) is 4.74 Å². The summed E-state index contributed by atoms with van der Waals surface area (Å²) in [7, 11) is 0. The molecule has 3 heteroatoms. The number of hydrogen-bond acceptors (Lipinski definition) is 3. The highest BCUT2D eigenvalue weighted by Crippen LogP contribution is 2.52. The summed E-state index contributed by atoms with van der Waals surface area (Å²) in [6, 6.07) is 15.9. The van der Waals surface area contributed by atoms with Crippen LogP contribution in [0.15, 0.2) is 48.5 Å². The normalized spacial score (nSPS) is 27.5. The minimum absolute atomic E-state index is 0.102. The molecular weight excluding hydrogens is 268 g/mol. The molecule has 0 aliphatic carbocycles. The zero-order chi connectivity index (χ0) is 13.5. The van der Waals surface area contributed by atoms with Gasteiger partial charge in [-0.25, -0.2) is 0 Å². The Bertz CT molecular complexity index is 623. The second kappa shape index (κ2) is 4.74. The van der Waals surface area contributed by atoms with Crippen LogP contribution in [0.5, 0.6) is 11.5 Å². The van der Waals surface area contributed by atoms with E-state index >= 15 is 0 Å². The van der Waals surface area contributed by atoms with Crippen molar-refractivity contribution in [2.45, 2.75) is 12.0 Å². The van der Waals surface area contributed by atoms with E-state index in [1.807, 2.05) is 30.0 Å². The van der Waals surface area contributed by atoms with E-state index in [1.54, 1.807) is 12.1 Å². The van der Waals surface area contributed by atoms with Gasteiger partial charge in [0.1, 0.15) is 17.6 Å². The number of ether oxygens (including phenoxy) is 1. The van der Waals surface area contributed by atoms with Crippen LogP contribution < -0.4 is 4.74 Å². The number of thioether (sulfide) groups is 1. The van der Waals surface area contributed by atoms with Crippen molar-refractivity contribution in [2.24, 2.45) is 5.92 Å². The monoisotopic (exact) mass is 284 g/mol. The van der Waals surface area contributed by atoms with E-state index in [2.05, 4.69) is 18.2 Å². The third-order valence-corrected chi connectivity index (χ3v) is 5.52. The maximum Gasteiger partial charge on any atom is 0.128 e. The summed E-state index contributed by atoms with van der Waals surface area (Å²) in [5, 5.41) is 9.46. The van der Waals surface area contributed by atoms with Crippen LogP contribution in [-0.4, -0.2) is 16.6 Å². The van der Waals surface area contributed by atoms with Gasteiger partial charge in [0.05, 0.1) is 0 Å². The number of aromatic hydroxyl groups is 1. The van der Waals surface area contributed by atoms with Crippen molar-refractivity contribution in [3.8, 4) is 11.5 Å². The first-order valence-corrected chi connectivity index (χ1v) is 8.10. The second-order valence-corrected chi connectivity index (χ2v) is 6.55. The Morgan fingerprint density at radius 3 is 2.65 bits per heavy atom. The maximum absolute atomic E-state index is 9.46. The van der Waals surface area contributed by atoms with Gasteiger partial charge >= 0.3 is 0 Å². The predicted octanol–water partition coefficient (Wildman–Crippen LogP) is 3.97. The predicted molar refractivity (Wildman–Crippen MR) is 81.5 cm³/mol. The fourth-order valence-electron chi connectivity index (χ4n) is 3.29. The molecule has 102 valence electrons. The first-order chi connectivity index (χ1) is 9.83. The zero-order valence-corrected chi connectivity index (χ0v) is 11.8. The van der Waals surface area contributed by atoms with Gasteiger partial charge in [-0.2, -0.15) is 11.8 Å². The summed E-state index contributed by atoms with van der Waals surface area (Å²) in [5.41, 5.74) is 2.52. The fraction of sp³-hybridized carbons (Fsp3) is 0.294. The number of benzene rings is 2. The lowest BCUT2D eigenvalue weighted by Crippen LogP contribution is -2.28. The molecule has 2 aromatic rings. The van der Waals surface area contributed by atoms with Gasteiger partial charge in [0, 0.05) is 23.3 Å². The largest absolute Gasteiger partial charge is 0.508 e. The Labute approximate surface area is 122 Å². The number of phenols is 1. The summed E-state index contributed by atoms with van der Waals surface area (Å²) in [6.07, 6.45) is 0.102. The Morgan fingerprint density at radius 1 is 1.00 bits per heavy atom. The fourth-order valence-corrected chi connectivity index (χ4v) is 4.78. The summed E-state index contributed by atoms with van der Waals surface area (Å²) >= 11 is 2.02. The van der Waals surface area contributed by atoms with Gasteiger partial charge < -0.3 is 9.84 Å². The van der Waals surface area contributed by atoms with Crippen molar-refractivity contribution in [3.63, 3.8) is 0 Å². The zero-order valence-electron chi connectivity index (χ0n) is 11.0. The SMILES string of the molecule is Oc1ccc(C2Oc3ccccc3C3CSCC32)cc1. The van der Waals surface area contributed by atoms with Gasteiger partial charge in [-0.15, -0.1) is 0 Å². The molecule has 0 aromatic heterocycles. The molecule has 3 atom stereocenters. The van der Waals surface area contributed by atoms with Gasteiger partial charge in [-0.1, -0.05) is 30.3 Å². The van der Waals surface area contributed by atoms with E-state index in [1.165, 1.54) is 11.3 Å². The minimum Gasteiger partial charge on any atom is -0.508 e. The van der Waals surface area contributed by atoms with Gasteiger partial charge in [-0.05, 0) is 29.3 Å².